The van der Waals surface area contributed by atoms with Crippen LogP contribution in [0.15, 0.2) is 18.2 Å². The van der Waals surface area contributed by atoms with Gasteiger partial charge in [0.2, 0.25) is 0 Å². The van der Waals surface area contributed by atoms with E-state index in [-0.39, 0.29) is 18.5 Å². The van der Waals surface area contributed by atoms with E-state index >= 15 is 0 Å². The number of hydrogen-bond donors (Lipinski definition) is 2. The van der Waals surface area contributed by atoms with Gasteiger partial charge in [0, 0.05) is 13.1 Å². The third-order valence-electron chi connectivity index (χ3n) is 3.77. The van der Waals surface area contributed by atoms with Gasteiger partial charge in [-0.25, -0.2) is 4.39 Å². The summed E-state index contributed by atoms with van der Waals surface area (Å²) in [5, 5.41) is 12.4. The Morgan fingerprint density at radius 2 is 2.28 bits per heavy atom. The van der Waals surface area contributed by atoms with Crippen molar-refractivity contribution in [1.82, 2.24) is 5.32 Å². The number of rotatable bonds is 4. The van der Waals surface area contributed by atoms with Crippen LogP contribution in [0.1, 0.15) is 18.9 Å². The Balaban J connectivity index is 2.23. The summed E-state index contributed by atoms with van der Waals surface area (Å²) in [4.78, 5) is 1.99. The summed E-state index contributed by atoms with van der Waals surface area (Å²) in [5.74, 6) is 0.210. The Labute approximate surface area is 108 Å². The van der Waals surface area contributed by atoms with Gasteiger partial charge >= 0.3 is 0 Å². The van der Waals surface area contributed by atoms with Crippen LogP contribution in [0.2, 0.25) is 0 Å². The van der Waals surface area contributed by atoms with E-state index in [1.807, 2.05) is 24.1 Å². The fraction of sp³-hybridized carbons (Fsp3) is 0.571. The van der Waals surface area contributed by atoms with Gasteiger partial charge < -0.3 is 15.3 Å². The molecule has 1 saturated heterocycles. The molecule has 0 radical (unpaired) electrons. The van der Waals surface area contributed by atoms with Crippen LogP contribution in [0.25, 0.3) is 0 Å². The van der Waals surface area contributed by atoms with Crippen LogP contribution >= 0.6 is 0 Å². The van der Waals surface area contributed by atoms with Crippen molar-refractivity contribution in [3.63, 3.8) is 0 Å². The fourth-order valence-corrected chi connectivity index (χ4v) is 2.68. The highest BCUT2D eigenvalue weighted by Crippen LogP contribution is 2.31. The largest absolute Gasteiger partial charge is 0.394 e. The first-order chi connectivity index (χ1) is 8.67. The lowest BCUT2D eigenvalue weighted by molar-refractivity contribution is 0.244. The molecule has 3 nitrogen and oxygen atoms in total. The molecular weight excluding hydrogens is 231 g/mol. The number of nitrogens with zero attached hydrogens (tertiary/aromatic N) is 1. The van der Waals surface area contributed by atoms with E-state index in [4.69, 9.17) is 0 Å². The van der Waals surface area contributed by atoms with Gasteiger partial charge in [0.15, 0.2) is 0 Å². The minimum atomic E-state index is -0.199. The first-order valence-electron chi connectivity index (χ1n) is 6.48. The highest BCUT2D eigenvalue weighted by molar-refractivity contribution is 5.51. The zero-order valence-electron chi connectivity index (χ0n) is 11.0. The third kappa shape index (κ3) is 2.49. The number of aliphatic hydroxyl groups is 1. The minimum Gasteiger partial charge on any atom is -0.394 e. The maximum Gasteiger partial charge on any atom is 0.146 e. The molecule has 4 heteroatoms. The van der Waals surface area contributed by atoms with Crippen molar-refractivity contribution in [3.8, 4) is 0 Å². The lowest BCUT2D eigenvalue weighted by Gasteiger charge is -2.27. The van der Waals surface area contributed by atoms with Crippen molar-refractivity contribution in [1.29, 1.82) is 0 Å². The van der Waals surface area contributed by atoms with Gasteiger partial charge in [-0.05, 0) is 37.1 Å². The molecule has 0 aromatic heterocycles. The molecule has 0 saturated carbocycles. The van der Waals surface area contributed by atoms with Gasteiger partial charge in [-0.3, -0.25) is 0 Å². The Morgan fingerprint density at radius 1 is 1.50 bits per heavy atom. The maximum atomic E-state index is 14.1. The Morgan fingerprint density at radius 3 is 2.89 bits per heavy atom. The SMILES string of the molecule is CNCc1ccc(N2CCC(C)C2CO)c(F)c1. The summed E-state index contributed by atoms with van der Waals surface area (Å²) < 4.78 is 14.1. The van der Waals surface area contributed by atoms with E-state index < -0.39 is 0 Å². The Kier molecular flexibility index (Phi) is 4.19. The second-order valence-electron chi connectivity index (χ2n) is 5.03. The van der Waals surface area contributed by atoms with Crippen LogP contribution in [0.5, 0.6) is 0 Å². The standard InChI is InChI=1S/C14H21FN2O/c1-10-5-6-17(14(10)9-18)13-4-3-11(8-16-2)7-12(13)15/h3-4,7,10,14,16,18H,5-6,8-9H2,1-2H3. The van der Waals surface area contributed by atoms with Crippen LogP contribution in [0.3, 0.4) is 0 Å². The monoisotopic (exact) mass is 252 g/mol. The molecule has 0 amide bonds. The summed E-state index contributed by atoms with van der Waals surface area (Å²) >= 11 is 0. The van der Waals surface area contributed by atoms with E-state index in [1.165, 1.54) is 0 Å². The molecule has 1 aliphatic rings. The van der Waals surface area contributed by atoms with E-state index in [0.29, 0.717) is 18.2 Å². The first kappa shape index (κ1) is 13.3. The molecule has 0 spiro atoms. The van der Waals surface area contributed by atoms with Crippen LogP contribution in [-0.4, -0.2) is 31.3 Å². The van der Waals surface area contributed by atoms with Crippen LogP contribution in [0.4, 0.5) is 10.1 Å². The van der Waals surface area contributed by atoms with Crippen molar-refractivity contribution in [3.05, 3.63) is 29.6 Å². The number of anilines is 1. The second-order valence-corrected chi connectivity index (χ2v) is 5.03. The molecule has 1 aromatic carbocycles. The smallest absolute Gasteiger partial charge is 0.146 e. The lowest BCUT2D eigenvalue weighted by atomic mass is 10.0. The molecule has 1 fully saturated rings. The number of hydrogen-bond acceptors (Lipinski definition) is 3. The quantitative estimate of drug-likeness (QED) is 0.857. The molecule has 2 N–H and O–H groups in total. The summed E-state index contributed by atoms with van der Waals surface area (Å²) in [7, 11) is 1.84. The summed E-state index contributed by atoms with van der Waals surface area (Å²) in [6, 6.07) is 5.37. The Bertz CT molecular complexity index is 411. The molecule has 0 aliphatic carbocycles. The topological polar surface area (TPSA) is 35.5 Å². The molecule has 18 heavy (non-hydrogen) atoms. The highest BCUT2D eigenvalue weighted by atomic mass is 19.1. The lowest BCUT2D eigenvalue weighted by Crippen LogP contribution is -2.35. The van der Waals surface area contributed by atoms with E-state index in [0.717, 1.165) is 18.5 Å². The predicted molar refractivity (Wildman–Crippen MR) is 71.2 cm³/mol. The summed E-state index contributed by atoms with van der Waals surface area (Å²) in [6.45, 7) is 3.67. The van der Waals surface area contributed by atoms with Crippen molar-refractivity contribution >= 4 is 5.69 Å². The van der Waals surface area contributed by atoms with Gasteiger partial charge in [-0.1, -0.05) is 13.0 Å². The predicted octanol–water partition coefficient (Wildman–Crippen LogP) is 1.75. The number of halogens is 1. The van der Waals surface area contributed by atoms with Crippen molar-refractivity contribution in [2.75, 3.05) is 25.1 Å². The van der Waals surface area contributed by atoms with Gasteiger partial charge in [0.05, 0.1) is 18.3 Å². The summed E-state index contributed by atoms with van der Waals surface area (Å²) in [6.07, 6.45) is 1.00. The molecule has 1 aliphatic heterocycles. The van der Waals surface area contributed by atoms with Crippen molar-refractivity contribution < 1.29 is 9.50 Å². The molecule has 0 bridgehead atoms. The fourth-order valence-electron chi connectivity index (χ4n) is 2.68. The molecule has 1 aromatic rings. The van der Waals surface area contributed by atoms with Gasteiger partial charge in [0.1, 0.15) is 5.82 Å². The average molecular weight is 252 g/mol. The second kappa shape index (κ2) is 5.67. The van der Waals surface area contributed by atoms with E-state index in [9.17, 15) is 9.50 Å². The van der Waals surface area contributed by atoms with Crippen LogP contribution in [-0.2, 0) is 6.54 Å². The zero-order chi connectivity index (χ0) is 13.1. The first-order valence-corrected chi connectivity index (χ1v) is 6.48. The van der Waals surface area contributed by atoms with Crippen LogP contribution < -0.4 is 10.2 Å². The molecular formula is C14H21FN2O. The molecule has 100 valence electrons. The maximum absolute atomic E-state index is 14.1. The number of benzene rings is 1. The summed E-state index contributed by atoms with van der Waals surface area (Å²) in [5.41, 5.74) is 1.55. The van der Waals surface area contributed by atoms with Crippen molar-refractivity contribution in [2.45, 2.75) is 25.9 Å². The zero-order valence-corrected chi connectivity index (χ0v) is 11.0. The normalized spacial score (nSPS) is 23.7. The molecule has 1 heterocycles. The van der Waals surface area contributed by atoms with E-state index in [1.54, 1.807) is 6.07 Å². The van der Waals surface area contributed by atoms with Crippen LogP contribution in [0, 0.1) is 11.7 Å². The van der Waals surface area contributed by atoms with Crippen molar-refractivity contribution in [2.24, 2.45) is 5.92 Å². The third-order valence-corrected chi connectivity index (χ3v) is 3.77. The van der Waals surface area contributed by atoms with Gasteiger partial charge in [-0.2, -0.15) is 0 Å². The molecule has 2 unspecified atom stereocenters. The van der Waals surface area contributed by atoms with Gasteiger partial charge in [-0.15, -0.1) is 0 Å². The average Bonchev–Trinajstić information content (AvgIpc) is 2.71. The highest BCUT2D eigenvalue weighted by Gasteiger charge is 2.31. The number of nitrogens with one attached hydrogen (secondary N) is 1. The molecule has 2 atom stereocenters. The Hall–Kier alpha value is -1.13. The number of aliphatic hydroxyl groups excluding tert-OH is 1. The molecule has 2 rings (SSSR count). The minimum absolute atomic E-state index is 0.0367. The van der Waals surface area contributed by atoms with Gasteiger partial charge in [0.25, 0.3) is 0 Å². The van der Waals surface area contributed by atoms with E-state index in [2.05, 4.69) is 12.2 Å².